The van der Waals surface area contributed by atoms with Crippen LogP contribution in [0, 0.1) is 13.8 Å². The lowest BCUT2D eigenvalue weighted by Crippen LogP contribution is -1.99. The number of hydrogen-bond donors (Lipinski definition) is 0. The van der Waals surface area contributed by atoms with E-state index in [0.717, 1.165) is 11.1 Å². The number of benzene rings is 1. The minimum absolute atomic E-state index is 0.0293. The van der Waals surface area contributed by atoms with Crippen molar-refractivity contribution in [3.8, 4) is 17.8 Å². The summed E-state index contributed by atoms with van der Waals surface area (Å²) in [4.78, 5) is 11.6. The summed E-state index contributed by atoms with van der Waals surface area (Å²) in [7, 11) is 1.45. The number of halogens is 1. The molecule has 0 saturated heterocycles. The molecular weight excluding hydrogens is 254 g/mol. The highest BCUT2D eigenvalue weighted by atomic mass is 35.5. The van der Waals surface area contributed by atoms with Crippen molar-refractivity contribution in [3.05, 3.63) is 34.6 Å². The van der Waals surface area contributed by atoms with Gasteiger partial charge in [0.25, 0.3) is 0 Å². The summed E-state index contributed by atoms with van der Waals surface area (Å²) in [6.07, 6.45) is 0. The zero-order valence-corrected chi connectivity index (χ0v) is 11.0. The van der Waals surface area contributed by atoms with E-state index in [9.17, 15) is 0 Å². The van der Waals surface area contributed by atoms with Crippen LogP contribution in [0.3, 0.4) is 0 Å². The van der Waals surface area contributed by atoms with Gasteiger partial charge in [0, 0.05) is 0 Å². The number of aromatic nitrogens is 3. The maximum absolute atomic E-state index is 5.74. The van der Waals surface area contributed by atoms with Crippen molar-refractivity contribution in [2.45, 2.75) is 13.8 Å². The van der Waals surface area contributed by atoms with Gasteiger partial charge in [-0.2, -0.15) is 9.97 Å². The van der Waals surface area contributed by atoms with Gasteiger partial charge in [-0.1, -0.05) is 17.7 Å². The van der Waals surface area contributed by atoms with Gasteiger partial charge in [0.05, 0.1) is 7.11 Å². The summed E-state index contributed by atoms with van der Waals surface area (Å²) in [6.45, 7) is 3.96. The van der Waals surface area contributed by atoms with Gasteiger partial charge in [-0.05, 0) is 37.1 Å². The molecule has 0 fully saturated rings. The standard InChI is InChI=1S/C12H12ClN3O2/c1-7-4-5-9(8(2)6-7)18-12-15-10(13)14-11(16-12)17-3/h4-6H,1-3H3. The lowest BCUT2D eigenvalue weighted by atomic mass is 10.1. The van der Waals surface area contributed by atoms with Gasteiger partial charge in [-0.3, -0.25) is 0 Å². The van der Waals surface area contributed by atoms with Crippen LogP contribution in [0.25, 0.3) is 0 Å². The maximum Gasteiger partial charge on any atom is 0.329 e. The number of rotatable bonds is 3. The number of ether oxygens (including phenoxy) is 2. The largest absolute Gasteiger partial charge is 0.467 e. The zero-order chi connectivity index (χ0) is 13.1. The van der Waals surface area contributed by atoms with E-state index in [-0.39, 0.29) is 17.3 Å². The monoisotopic (exact) mass is 265 g/mol. The fraction of sp³-hybridized carbons (Fsp3) is 0.250. The summed E-state index contributed by atoms with van der Waals surface area (Å²) in [6, 6.07) is 6.04. The van der Waals surface area contributed by atoms with Crippen molar-refractivity contribution in [2.24, 2.45) is 0 Å². The van der Waals surface area contributed by atoms with Crippen LogP contribution in [0.4, 0.5) is 0 Å². The Kier molecular flexibility index (Phi) is 3.62. The second kappa shape index (κ2) is 5.18. The van der Waals surface area contributed by atoms with Gasteiger partial charge in [-0.25, -0.2) is 0 Å². The molecule has 6 heteroatoms. The van der Waals surface area contributed by atoms with Crippen LogP contribution in [0.1, 0.15) is 11.1 Å². The average molecular weight is 266 g/mol. The first-order valence-electron chi connectivity index (χ1n) is 5.29. The predicted molar refractivity (Wildman–Crippen MR) is 67.4 cm³/mol. The van der Waals surface area contributed by atoms with Crippen molar-refractivity contribution in [1.82, 2.24) is 15.0 Å². The van der Waals surface area contributed by atoms with Crippen LogP contribution in [0.15, 0.2) is 18.2 Å². The summed E-state index contributed by atoms with van der Waals surface area (Å²) in [5, 5.41) is 0.0293. The molecule has 1 heterocycles. The minimum atomic E-state index is 0.0293. The first-order valence-corrected chi connectivity index (χ1v) is 5.67. The number of nitrogens with zero attached hydrogens (tertiary/aromatic N) is 3. The third-order valence-corrected chi connectivity index (χ3v) is 2.45. The lowest BCUT2D eigenvalue weighted by Gasteiger charge is -2.08. The Morgan fingerprint density at radius 1 is 1.06 bits per heavy atom. The van der Waals surface area contributed by atoms with Gasteiger partial charge in [0.15, 0.2) is 0 Å². The third kappa shape index (κ3) is 2.87. The molecule has 0 N–H and O–H groups in total. The molecule has 5 nitrogen and oxygen atoms in total. The van der Waals surface area contributed by atoms with Crippen molar-refractivity contribution in [2.75, 3.05) is 7.11 Å². The number of methoxy groups -OCH3 is 1. The molecule has 2 rings (SSSR count). The number of aryl methyl sites for hydroxylation is 2. The van der Waals surface area contributed by atoms with E-state index >= 15 is 0 Å². The molecule has 18 heavy (non-hydrogen) atoms. The molecule has 0 atom stereocenters. The molecule has 0 aliphatic carbocycles. The molecule has 94 valence electrons. The quantitative estimate of drug-likeness (QED) is 0.854. The Morgan fingerprint density at radius 2 is 1.78 bits per heavy atom. The van der Waals surface area contributed by atoms with Gasteiger partial charge >= 0.3 is 12.0 Å². The van der Waals surface area contributed by atoms with E-state index < -0.39 is 0 Å². The lowest BCUT2D eigenvalue weighted by molar-refractivity contribution is 0.358. The highest BCUT2D eigenvalue weighted by Crippen LogP contribution is 2.24. The average Bonchev–Trinajstić information content (AvgIpc) is 2.32. The zero-order valence-electron chi connectivity index (χ0n) is 10.3. The van der Waals surface area contributed by atoms with Crippen LogP contribution in [-0.2, 0) is 0 Å². The molecule has 0 saturated carbocycles. The van der Waals surface area contributed by atoms with E-state index in [2.05, 4.69) is 15.0 Å². The van der Waals surface area contributed by atoms with E-state index in [0.29, 0.717) is 5.75 Å². The first-order chi connectivity index (χ1) is 8.58. The molecule has 0 aliphatic rings. The maximum atomic E-state index is 5.74. The van der Waals surface area contributed by atoms with Crippen LogP contribution < -0.4 is 9.47 Å². The van der Waals surface area contributed by atoms with Gasteiger partial charge < -0.3 is 9.47 Å². The summed E-state index contributed by atoms with van der Waals surface area (Å²) in [5.41, 5.74) is 2.15. The number of hydrogen-bond acceptors (Lipinski definition) is 5. The molecule has 0 unspecified atom stereocenters. The molecule has 1 aromatic heterocycles. The summed E-state index contributed by atoms with van der Waals surface area (Å²) >= 11 is 5.74. The topological polar surface area (TPSA) is 57.1 Å². The van der Waals surface area contributed by atoms with E-state index in [1.54, 1.807) is 0 Å². The molecule has 2 aromatic rings. The smallest absolute Gasteiger partial charge is 0.329 e. The Labute approximate surface area is 110 Å². The van der Waals surface area contributed by atoms with Crippen molar-refractivity contribution < 1.29 is 9.47 Å². The normalized spacial score (nSPS) is 10.2. The molecule has 0 amide bonds. The molecule has 1 aromatic carbocycles. The molecule has 0 spiro atoms. The Bertz CT molecular complexity index is 575. The highest BCUT2D eigenvalue weighted by molar-refractivity contribution is 6.28. The third-order valence-electron chi connectivity index (χ3n) is 2.28. The fourth-order valence-corrected chi connectivity index (χ4v) is 1.61. The van der Waals surface area contributed by atoms with Crippen LogP contribution in [0.5, 0.6) is 17.8 Å². The van der Waals surface area contributed by atoms with Crippen molar-refractivity contribution >= 4 is 11.6 Å². The minimum Gasteiger partial charge on any atom is -0.467 e. The second-order valence-electron chi connectivity index (χ2n) is 3.74. The molecular formula is C12H12ClN3O2. The van der Waals surface area contributed by atoms with Crippen molar-refractivity contribution in [3.63, 3.8) is 0 Å². The van der Waals surface area contributed by atoms with Crippen LogP contribution >= 0.6 is 11.6 Å². The van der Waals surface area contributed by atoms with Gasteiger partial charge in [0.2, 0.25) is 5.28 Å². The molecule has 0 radical (unpaired) electrons. The Hall–Kier alpha value is -1.88. The highest BCUT2D eigenvalue weighted by Gasteiger charge is 2.08. The summed E-state index contributed by atoms with van der Waals surface area (Å²) in [5.74, 6) is 0.671. The predicted octanol–water partition coefficient (Wildman–Crippen LogP) is 2.94. The van der Waals surface area contributed by atoms with E-state index in [1.165, 1.54) is 7.11 Å². The van der Waals surface area contributed by atoms with E-state index in [4.69, 9.17) is 21.1 Å². The first kappa shape index (κ1) is 12.6. The van der Waals surface area contributed by atoms with Crippen molar-refractivity contribution in [1.29, 1.82) is 0 Å². The Balaban J connectivity index is 2.30. The SMILES string of the molecule is COc1nc(Cl)nc(Oc2ccc(C)cc2C)n1. The molecule has 0 aliphatic heterocycles. The Morgan fingerprint density at radius 3 is 2.44 bits per heavy atom. The summed E-state index contributed by atoms with van der Waals surface area (Å²) < 4.78 is 10.5. The van der Waals surface area contributed by atoms with Gasteiger partial charge in [-0.15, -0.1) is 4.98 Å². The van der Waals surface area contributed by atoms with Crippen LogP contribution in [0.2, 0.25) is 5.28 Å². The fourth-order valence-electron chi connectivity index (χ4n) is 1.46. The van der Waals surface area contributed by atoms with Crippen LogP contribution in [-0.4, -0.2) is 22.1 Å². The second-order valence-corrected chi connectivity index (χ2v) is 4.08. The van der Waals surface area contributed by atoms with Gasteiger partial charge in [0.1, 0.15) is 5.75 Å². The molecule has 0 bridgehead atoms. The van der Waals surface area contributed by atoms with E-state index in [1.807, 2.05) is 32.0 Å².